The average molecular weight is 284 g/mol. The molecular weight excluding hydrogens is 268 g/mol. The van der Waals surface area contributed by atoms with Crippen molar-refractivity contribution >= 4 is 21.4 Å². The molecule has 0 saturated carbocycles. The van der Waals surface area contributed by atoms with E-state index < -0.39 is 0 Å². The van der Waals surface area contributed by atoms with Gasteiger partial charge in [0, 0.05) is 10.3 Å². The maximum absolute atomic E-state index is 5.82. The number of nitrogens with one attached hydrogen (secondary N) is 1. The standard InChI is InChI=1S/C16H16N2OS/c1-19-14-8-3-2-6-12(14)15(18-17)13-7-4-5-11-9-10-20-16(11)13/h2-10,15,18H,17H2,1H3. The second-order valence-corrected chi connectivity index (χ2v) is 5.44. The second kappa shape index (κ2) is 5.63. The van der Waals surface area contributed by atoms with Crippen molar-refractivity contribution in [3.63, 3.8) is 0 Å². The van der Waals surface area contributed by atoms with Gasteiger partial charge in [-0.15, -0.1) is 11.3 Å². The van der Waals surface area contributed by atoms with Gasteiger partial charge < -0.3 is 4.74 Å². The Morgan fingerprint density at radius 2 is 1.85 bits per heavy atom. The van der Waals surface area contributed by atoms with Gasteiger partial charge in [-0.3, -0.25) is 5.84 Å². The second-order valence-electron chi connectivity index (χ2n) is 4.53. The van der Waals surface area contributed by atoms with E-state index >= 15 is 0 Å². The van der Waals surface area contributed by atoms with Crippen molar-refractivity contribution in [1.82, 2.24) is 5.43 Å². The van der Waals surface area contributed by atoms with Crippen LogP contribution in [0.1, 0.15) is 17.2 Å². The molecule has 0 fully saturated rings. The number of nitrogens with two attached hydrogens (primary N) is 1. The number of ether oxygens (including phenoxy) is 1. The fraction of sp³-hybridized carbons (Fsp3) is 0.125. The first-order valence-electron chi connectivity index (χ1n) is 6.40. The molecule has 0 radical (unpaired) electrons. The Morgan fingerprint density at radius 1 is 1.05 bits per heavy atom. The number of methoxy groups -OCH3 is 1. The molecule has 0 amide bonds. The number of rotatable bonds is 4. The first kappa shape index (κ1) is 13.1. The van der Waals surface area contributed by atoms with E-state index in [2.05, 4.69) is 35.1 Å². The Balaban J connectivity index is 2.16. The normalized spacial score (nSPS) is 12.5. The van der Waals surface area contributed by atoms with Crippen LogP contribution in [0, 0.1) is 0 Å². The Labute approximate surface area is 122 Å². The molecule has 20 heavy (non-hydrogen) atoms. The number of thiophene rings is 1. The van der Waals surface area contributed by atoms with Crippen molar-refractivity contribution in [2.24, 2.45) is 5.84 Å². The van der Waals surface area contributed by atoms with Gasteiger partial charge in [-0.25, -0.2) is 5.43 Å². The van der Waals surface area contributed by atoms with E-state index in [9.17, 15) is 0 Å². The highest BCUT2D eigenvalue weighted by Crippen LogP contribution is 2.35. The zero-order valence-corrected chi connectivity index (χ0v) is 12.0. The minimum Gasteiger partial charge on any atom is -0.496 e. The van der Waals surface area contributed by atoms with E-state index in [1.807, 2.05) is 24.3 Å². The molecule has 102 valence electrons. The summed E-state index contributed by atoms with van der Waals surface area (Å²) in [4.78, 5) is 0. The maximum atomic E-state index is 5.82. The van der Waals surface area contributed by atoms with Crippen LogP contribution in [-0.4, -0.2) is 7.11 Å². The van der Waals surface area contributed by atoms with Crippen molar-refractivity contribution in [3.05, 3.63) is 65.0 Å². The topological polar surface area (TPSA) is 47.3 Å². The van der Waals surface area contributed by atoms with Gasteiger partial charge in [0.1, 0.15) is 5.75 Å². The Bertz CT molecular complexity index is 723. The monoisotopic (exact) mass is 284 g/mol. The van der Waals surface area contributed by atoms with E-state index in [-0.39, 0.29) is 6.04 Å². The summed E-state index contributed by atoms with van der Waals surface area (Å²) >= 11 is 1.73. The molecule has 0 saturated heterocycles. The van der Waals surface area contributed by atoms with Crippen LogP contribution in [-0.2, 0) is 0 Å². The zero-order valence-electron chi connectivity index (χ0n) is 11.2. The number of hydrogen-bond donors (Lipinski definition) is 2. The Morgan fingerprint density at radius 3 is 2.65 bits per heavy atom. The lowest BCUT2D eigenvalue weighted by Gasteiger charge is -2.20. The van der Waals surface area contributed by atoms with Crippen molar-refractivity contribution in [3.8, 4) is 5.75 Å². The van der Waals surface area contributed by atoms with Gasteiger partial charge in [-0.1, -0.05) is 36.4 Å². The number of hydrogen-bond acceptors (Lipinski definition) is 4. The summed E-state index contributed by atoms with van der Waals surface area (Å²) < 4.78 is 6.70. The van der Waals surface area contributed by atoms with Gasteiger partial charge in [0.25, 0.3) is 0 Å². The molecule has 3 rings (SSSR count). The summed E-state index contributed by atoms with van der Waals surface area (Å²) in [6, 6.07) is 16.3. The fourth-order valence-electron chi connectivity index (χ4n) is 2.50. The van der Waals surface area contributed by atoms with Gasteiger partial charge in [0.05, 0.1) is 13.2 Å². The Kier molecular flexibility index (Phi) is 3.69. The predicted molar refractivity (Wildman–Crippen MR) is 84.0 cm³/mol. The van der Waals surface area contributed by atoms with E-state index in [1.54, 1.807) is 18.4 Å². The maximum Gasteiger partial charge on any atom is 0.124 e. The molecule has 0 aliphatic heterocycles. The van der Waals surface area contributed by atoms with Crippen molar-refractivity contribution in [2.45, 2.75) is 6.04 Å². The molecule has 0 aliphatic carbocycles. The summed E-state index contributed by atoms with van der Waals surface area (Å²) in [7, 11) is 1.68. The van der Waals surface area contributed by atoms with Crippen LogP contribution in [0.15, 0.2) is 53.9 Å². The first-order chi connectivity index (χ1) is 9.85. The van der Waals surface area contributed by atoms with Crippen LogP contribution in [0.5, 0.6) is 5.75 Å². The lowest BCUT2D eigenvalue weighted by molar-refractivity contribution is 0.404. The molecule has 4 heteroatoms. The molecule has 3 N–H and O–H groups in total. The number of hydrazine groups is 1. The summed E-state index contributed by atoms with van der Waals surface area (Å²) in [5.74, 6) is 6.66. The first-order valence-corrected chi connectivity index (χ1v) is 7.28. The van der Waals surface area contributed by atoms with Gasteiger partial charge >= 0.3 is 0 Å². The third kappa shape index (κ3) is 2.18. The van der Waals surface area contributed by atoms with E-state index in [0.29, 0.717) is 0 Å². The van der Waals surface area contributed by atoms with Crippen LogP contribution < -0.4 is 16.0 Å². The van der Waals surface area contributed by atoms with Crippen molar-refractivity contribution in [1.29, 1.82) is 0 Å². The third-order valence-corrected chi connectivity index (χ3v) is 4.42. The molecule has 0 spiro atoms. The summed E-state index contributed by atoms with van der Waals surface area (Å²) in [5, 5.41) is 3.34. The SMILES string of the molecule is COc1ccccc1C(NN)c1cccc2ccsc12. The molecule has 1 heterocycles. The largest absolute Gasteiger partial charge is 0.496 e. The van der Waals surface area contributed by atoms with Gasteiger partial charge in [0.15, 0.2) is 0 Å². The lowest BCUT2D eigenvalue weighted by Crippen LogP contribution is -2.29. The van der Waals surface area contributed by atoms with Gasteiger partial charge in [-0.2, -0.15) is 0 Å². The predicted octanol–water partition coefficient (Wildman–Crippen LogP) is 3.46. The molecule has 3 aromatic rings. The molecule has 0 aliphatic rings. The molecule has 1 unspecified atom stereocenters. The molecule has 2 aromatic carbocycles. The van der Waals surface area contributed by atoms with E-state index in [4.69, 9.17) is 10.6 Å². The quantitative estimate of drug-likeness (QED) is 0.570. The third-order valence-electron chi connectivity index (χ3n) is 3.44. The van der Waals surface area contributed by atoms with Crippen LogP contribution in [0.2, 0.25) is 0 Å². The minimum atomic E-state index is -0.0894. The van der Waals surface area contributed by atoms with Crippen LogP contribution in [0.25, 0.3) is 10.1 Å². The van der Waals surface area contributed by atoms with E-state index in [1.165, 1.54) is 15.6 Å². The summed E-state index contributed by atoms with van der Waals surface area (Å²) in [6.45, 7) is 0. The van der Waals surface area contributed by atoms with Crippen molar-refractivity contribution in [2.75, 3.05) is 7.11 Å². The Hall–Kier alpha value is -1.88. The molecule has 1 atom stereocenters. The average Bonchev–Trinajstić information content (AvgIpc) is 2.98. The van der Waals surface area contributed by atoms with Gasteiger partial charge in [0.2, 0.25) is 0 Å². The summed E-state index contributed by atoms with van der Waals surface area (Å²) in [5.41, 5.74) is 5.13. The van der Waals surface area contributed by atoms with Crippen molar-refractivity contribution < 1.29 is 4.74 Å². The highest BCUT2D eigenvalue weighted by molar-refractivity contribution is 7.17. The molecule has 0 bridgehead atoms. The zero-order chi connectivity index (χ0) is 13.9. The van der Waals surface area contributed by atoms with E-state index in [0.717, 1.165) is 11.3 Å². The molecule has 3 nitrogen and oxygen atoms in total. The van der Waals surface area contributed by atoms with Gasteiger partial charge in [-0.05, 0) is 28.5 Å². The lowest BCUT2D eigenvalue weighted by atomic mass is 9.97. The highest BCUT2D eigenvalue weighted by atomic mass is 32.1. The molecular formula is C16H16N2OS. The smallest absolute Gasteiger partial charge is 0.124 e. The number of fused-ring (bicyclic) bond motifs is 1. The van der Waals surface area contributed by atoms with Crippen LogP contribution >= 0.6 is 11.3 Å². The number of benzene rings is 2. The molecule has 1 aromatic heterocycles. The van der Waals surface area contributed by atoms with Crippen LogP contribution in [0.3, 0.4) is 0 Å². The number of para-hydroxylation sites is 1. The fourth-order valence-corrected chi connectivity index (χ4v) is 3.44. The highest BCUT2D eigenvalue weighted by Gasteiger charge is 2.19. The van der Waals surface area contributed by atoms with Crippen LogP contribution in [0.4, 0.5) is 0 Å². The summed E-state index contributed by atoms with van der Waals surface area (Å²) in [6.07, 6.45) is 0. The minimum absolute atomic E-state index is 0.0894.